The number of hydrogen-bond donors (Lipinski definition) is 2. The highest BCUT2D eigenvalue weighted by Gasteiger charge is 2.08. The lowest BCUT2D eigenvalue weighted by Gasteiger charge is -2.15. The number of nitrogens with one attached hydrogen (secondary N) is 1. The number of hydrogen-bond acceptors (Lipinski definition) is 3. The number of benzene rings is 1. The van der Waals surface area contributed by atoms with Gasteiger partial charge in [-0.15, -0.1) is 0 Å². The first kappa shape index (κ1) is 13.3. The molecule has 3 N–H and O–H groups in total. The van der Waals surface area contributed by atoms with E-state index in [2.05, 4.69) is 53.4 Å². The van der Waals surface area contributed by atoms with Crippen molar-refractivity contribution in [2.75, 3.05) is 0 Å². The highest BCUT2D eigenvalue weighted by atomic mass is 32.1. The van der Waals surface area contributed by atoms with Crippen molar-refractivity contribution in [1.29, 1.82) is 0 Å². The van der Waals surface area contributed by atoms with Crippen LogP contribution in [-0.4, -0.2) is 6.04 Å². The van der Waals surface area contributed by atoms with Crippen molar-refractivity contribution in [3.63, 3.8) is 0 Å². The molecule has 1 heterocycles. The van der Waals surface area contributed by atoms with E-state index < -0.39 is 0 Å². The second kappa shape index (κ2) is 6.69. The molecule has 3 heteroatoms. The second-order valence-corrected chi connectivity index (χ2v) is 5.51. The van der Waals surface area contributed by atoms with Crippen molar-refractivity contribution in [2.45, 2.75) is 32.2 Å². The maximum Gasteiger partial charge on any atom is 0.0254 e. The van der Waals surface area contributed by atoms with Crippen LogP contribution in [0.3, 0.4) is 0 Å². The fourth-order valence-electron chi connectivity index (χ4n) is 2.14. The van der Waals surface area contributed by atoms with E-state index in [1.807, 2.05) is 0 Å². The molecule has 1 aromatic heterocycles. The van der Waals surface area contributed by atoms with Gasteiger partial charge < -0.3 is 0 Å². The molecule has 2 aromatic rings. The quantitative estimate of drug-likeness (QED) is 0.619. The minimum atomic E-state index is 0.340. The van der Waals surface area contributed by atoms with Gasteiger partial charge in [-0.05, 0) is 54.1 Å². The zero-order valence-electron chi connectivity index (χ0n) is 10.7. The molecule has 0 spiro atoms. The number of hydrazine groups is 1. The van der Waals surface area contributed by atoms with Crippen LogP contribution in [0.2, 0.25) is 0 Å². The number of aryl methyl sites for hydroxylation is 2. The first-order valence-corrected chi connectivity index (χ1v) is 7.25. The molecule has 0 amide bonds. The van der Waals surface area contributed by atoms with Crippen LogP contribution in [0.4, 0.5) is 0 Å². The summed E-state index contributed by atoms with van der Waals surface area (Å²) in [6.07, 6.45) is 3.15. The van der Waals surface area contributed by atoms with Crippen molar-refractivity contribution in [3.05, 3.63) is 57.8 Å². The molecule has 0 aliphatic heterocycles. The Hall–Kier alpha value is -1.16. The topological polar surface area (TPSA) is 38.0 Å². The Bertz CT molecular complexity index is 465. The standard InChI is InChI=1S/C15H20N2S/c1-12-3-2-4-14(9-12)10-15(17-16)6-5-13-7-8-18-11-13/h2-4,7-9,11,15,17H,5-6,10,16H2,1H3. The van der Waals surface area contributed by atoms with Gasteiger partial charge in [-0.25, -0.2) is 0 Å². The average Bonchev–Trinajstić information content (AvgIpc) is 2.87. The first-order chi connectivity index (χ1) is 8.78. The van der Waals surface area contributed by atoms with Gasteiger partial charge in [0.25, 0.3) is 0 Å². The number of nitrogens with two attached hydrogens (primary N) is 1. The van der Waals surface area contributed by atoms with Crippen molar-refractivity contribution in [2.24, 2.45) is 5.84 Å². The highest BCUT2D eigenvalue weighted by Crippen LogP contribution is 2.13. The lowest BCUT2D eigenvalue weighted by atomic mass is 9.99. The molecular formula is C15H20N2S. The van der Waals surface area contributed by atoms with Crippen molar-refractivity contribution in [3.8, 4) is 0 Å². The van der Waals surface area contributed by atoms with E-state index in [0.29, 0.717) is 6.04 Å². The Kier molecular flexibility index (Phi) is 4.93. The maximum absolute atomic E-state index is 5.65. The Morgan fingerprint density at radius 2 is 2.17 bits per heavy atom. The predicted molar refractivity (Wildman–Crippen MR) is 78.6 cm³/mol. The summed E-state index contributed by atoms with van der Waals surface area (Å²) in [5, 5.41) is 4.33. The van der Waals surface area contributed by atoms with Crippen LogP contribution in [0.15, 0.2) is 41.1 Å². The maximum atomic E-state index is 5.65. The summed E-state index contributed by atoms with van der Waals surface area (Å²) in [5.41, 5.74) is 7.00. The molecule has 0 aliphatic rings. The van der Waals surface area contributed by atoms with Crippen LogP contribution in [0.1, 0.15) is 23.1 Å². The van der Waals surface area contributed by atoms with E-state index in [0.717, 1.165) is 19.3 Å². The molecule has 18 heavy (non-hydrogen) atoms. The fourth-order valence-corrected chi connectivity index (χ4v) is 2.85. The minimum absolute atomic E-state index is 0.340. The van der Waals surface area contributed by atoms with Gasteiger partial charge in [-0.1, -0.05) is 29.8 Å². The average molecular weight is 260 g/mol. The summed E-state index contributed by atoms with van der Waals surface area (Å²) < 4.78 is 0. The Balaban J connectivity index is 1.89. The van der Waals surface area contributed by atoms with E-state index in [9.17, 15) is 0 Å². The van der Waals surface area contributed by atoms with Crippen LogP contribution in [0.5, 0.6) is 0 Å². The minimum Gasteiger partial charge on any atom is -0.271 e. The first-order valence-electron chi connectivity index (χ1n) is 6.30. The normalized spacial score (nSPS) is 12.6. The molecule has 0 bridgehead atoms. The van der Waals surface area contributed by atoms with E-state index in [-0.39, 0.29) is 0 Å². The molecule has 0 saturated heterocycles. The zero-order valence-corrected chi connectivity index (χ0v) is 11.5. The van der Waals surface area contributed by atoms with Crippen molar-refractivity contribution >= 4 is 11.3 Å². The van der Waals surface area contributed by atoms with E-state index >= 15 is 0 Å². The Morgan fingerprint density at radius 3 is 2.83 bits per heavy atom. The van der Waals surface area contributed by atoms with Crippen molar-refractivity contribution in [1.82, 2.24) is 5.43 Å². The summed E-state index contributed by atoms with van der Waals surface area (Å²) in [6.45, 7) is 2.12. The summed E-state index contributed by atoms with van der Waals surface area (Å²) >= 11 is 1.75. The van der Waals surface area contributed by atoms with Gasteiger partial charge in [-0.3, -0.25) is 11.3 Å². The molecule has 2 rings (SSSR count). The predicted octanol–water partition coefficient (Wildman–Crippen LogP) is 3.06. The molecule has 1 aromatic carbocycles. The van der Waals surface area contributed by atoms with E-state index in [1.54, 1.807) is 11.3 Å². The molecule has 1 unspecified atom stereocenters. The van der Waals surface area contributed by atoms with Gasteiger partial charge in [0.05, 0.1) is 0 Å². The smallest absolute Gasteiger partial charge is 0.0254 e. The van der Waals surface area contributed by atoms with Gasteiger partial charge in [-0.2, -0.15) is 11.3 Å². The second-order valence-electron chi connectivity index (χ2n) is 4.73. The number of rotatable bonds is 6. The van der Waals surface area contributed by atoms with Crippen LogP contribution in [0, 0.1) is 6.92 Å². The summed E-state index contributed by atoms with van der Waals surface area (Å²) in [7, 11) is 0. The molecule has 0 fully saturated rings. The van der Waals surface area contributed by atoms with Gasteiger partial charge in [0, 0.05) is 6.04 Å². The largest absolute Gasteiger partial charge is 0.271 e. The molecule has 0 radical (unpaired) electrons. The Morgan fingerprint density at radius 1 is 1.28 bits per heavy atom. The lowest BCUT2D eigenvalue weighted by Crippen LogP contribution is -2.37. The van der Waals surface area contributed by atoms with Gasteiger partial charge in [0.1, 0.15) is 0 Å². The van der Waals surface area contributed by atoms with E-state index in [1.165, 1.54) is 16.7 Å². The summed E-state index contributed by atoms with van der Waals surface area (Å²) in [5.74, 6) is 5.65. The molecule has 2 nitrogen and oxygen atoms in total. The van der Waals surface area contributed by atoms with Crippen LogP contribution in [-0.2, 0) is 12.8 Å². The van der Waals surface area contributed by atoms with Gasteiger partial charge >= 0.3 is 0 Å². The summed E-state index contributed by atoms with van der Waals surface area (Å²) in [6, 6.07) is 11.2. The molecule has 96 valence electrons. The third-order valence-corrected chi connectivity index (χ3v) is 3.89. The van der Waals surface area contributed by atoms with Gasteiger partial charge in [0.2, 0.25) is 0 Å². The molecule has 0 aliphatic carbocycles. The molecular weight excluding hydrogens is 240 g/mol. The molecule has 0 saturated carbocycles. The van der Waals surface area contributed by atoms with Crippen LogP contribution >= 0.6 is 11.3 Å². The Labute approximate surface area is 113 Å². The zero-order chi connectivity index (χ0) is 12.8. The van der Waals surface area contributed by atoms with Crippen LogP contribution in [0.25, 0.3) is 0 Å². The third-order valence-electron chi connectivity index (χ3n) is 3.16. The monoisotopic (exact) mass is 260 g/mol. The summed E-state index contributed by atoms with van der Waals surface area (Å²) in [4.78, 5) is 0. The van der Waals surface area contributed by atoms with E-state index in [4.69, 9.17) is 5.84 Å². The van der Waals surface area contributed by atoms with Crippen LogP contribution < -0.4 is 11.3 Å². The van der Waals surface area contributed by atoms with Crippen molar-refractivity contribution < 1.29 is 0 Å². The fraction of sp³-hybridized carbons (Fsp3) is 0.333. The molecule has 1 atom stereocenters. The van der Waals surface area contributed by atoms with Gasteiger partial charge in [0.15, 0.2) is 0 Å². The lowest BCUT2D eigenvalue weighted by molar-refractivity contribution is 0.491. The highest BCUT2D eigenvalue weighted by molar-refractivity contribution is 7.07. The third kappa shape index (κ3) is 3.95. The SMILES string of the molecule is Cc1cccc(CC(CCc2ccsc2)NN)c1. The number of thiophene rings is 1.